The molecule has 0 radical (unpaired) electrons. The smallest absolute Gasteiger partial charge is 0.338 e. The van der Waals surface area contributed by atoms with Crippen LogP contribution in [-0.2, 0) is 10.2 Å². The predicted octanol–water partition coefficient (Wildman–Crippen LogP) is 4.09. The number of carbonyl (C=O) groups is 1. The highest BCUT2D eigenvalue weighted by atomic mass is 16.5. The zero-order valence-electron chi connectivity index (χ0n) is 11.4. The first-order valence-corrected chi connectivity index (χ1v) is 6.93. The molecule has 2 nitrogen and oxygen atoms in total. The molecule has 0 unspecified atom stereocenters. The van der Waals surface area contributed by atoms with Crippen molar-refractivity contribution in [1.29, 1.82) is 0 Å². The van der Waals surface area contributed by atoms with Crippen LogP contribution in [0.15, 0.2) is 24.3 Å². The molecule has 2 rings (SSSR count). The lowest BCUT2D eigenvalue weighted by Gasteiger charge is -2.34. The van der Waals surface area contributed by atoms with Gasteiger partial charge in [-0.3, -0.25) is 0 Å². The Kier molecular flexibility index (Phi) is 4.05. The third-order valence-electron chi connectivity index (χ3n) is 4.05. The van der Waals surface area contributed by atoms with E-state index in [9.17, 15) is 4.79 Å². The third-order valence-corrected chi connectivity index (χ3v) is 4.05. The minimum atomic E-state index is -0.224. The monoisotopic (exact) mass is 246 g/mol. The standard InChI is InChI=1S/C16H22O2/c1-3-18-15(17)13-7-9-14(10-8-13)16(2)11-5-4-6-12-16/h7-10H,3-6,11-12H2,1-2H3. The van der Waals surface area contributed by atoms with Crippen LogP contribution in [0.4, 0.5) is 0 Å². The van der Waals surface area contributed by atoms with Gasteiger partial charge in [0.25, 0.3) is 0 Å². The predicted molar refractivity (Wildman–Crippen MR) is 72.8 cm³/mol. The van der Waals surface area contributed by atoms with E-state index < -0.39 is 0 Å². The van der Waals surface area contributed by atoms with Crippen molar-refractivity contribution >= 4 is 5.97 Å². The summed E-state index contributed by atoms with van der Waals surface area (Å²) in [6.07, 6.45) is 6.50. The van der Waals surface area contributed by atoms with Gasteiger partial charge in [0.1, 0.15) is 0 Å². The van der Waals surface area contributed by atoms with Gasteiger partial charge in [-0.25, -0.2) is 4.79 Å². The van der Waals surface area contributed by atoms with Crippen LogP contribution < -0.4 is 0 Å². The minimum absolute atomic E-state index is 0.224. The summed E-state index contributed by atoms with van der Waals surface area (Å²) in [5.74, 6) is -0.224. The quantitative estimate of drug-likeness (QED) is 0.751. The van der Waals surface area contributed by atoms with Crippen LogP contribution in [-0.4, -0.2) is 12.6 Å². The molecule has 0 atom stereocenters. The van der Waals surface area contributed by atoms with Crippen molar-refractivity contribution in [3.8, 4) is 0 Å². The largest absolute Gasteiger partial charge is 0.462 e. The molecule has 0 N–H and O–H groups in total. The number of ether oxygens (including phenoxy) is 1. The highest BCUT2D eigenvalue weighted by Gasteiger charge is 2.28. The molecule has 1 aromatic rings. The minimum Gasteiger partial charge on any atom is -0.462 e. The third kappa shape index (κ3) is 2.74. The summed E-state index contributed by atoms with van der Waals surface area (Å²) in [5, 5.41) is 0. The summed E-state index contributed by atoms with van der Waals surface area (Å²) in [7, 11) is 0. The molecule has 1 saturated carbocycles. The zero-order valence-corrected chi connectivity index (χ0v) is 11.4. The maximum atomic E-state index is 11.6. The van der Waals surface area contributed by atoms with E-state index >= 15 is 0 Å². The van der Waals surface area contributed by atoms with Gasteiger partial charge in [0, 0.05) is 0 Å². The Bertz CT molecular complexity index is 400. The van der Waals surface area contributed by atoms with Gasteiger partial charge in [0.15, 0.2) is 0 Å². The molecule has 0 amide bonds. The number of carbonyl (C=O) groups excluding carboxylic acids is 1. The lowest BCUT2D eigenvalue weighted by atomic mass is 9.71. The Morgan fingerprint density at radius 3 is 2.33 bits per heavy atom. The van der Waals surface area contributed by atoms with E-state index in [1.165, 1.54) is 37.7 Å². The molecule has 1 aromatic carbocycles. The summed E-state index contributed by atoms with van der Waals surface area (Å²) >= 11 is 0. The van der Waals surface area contributed by atoms with Gasteiger partial charge < -0.3 is 4.74 Å². The molecule has 1 aliphatic carbocycles. The number of benzene rings is 1. The van der Waals surface area contributed by atoms with Gasteiger partial charge in [-0.1, -0.05) is 38.3 Å². The lowest BCUT2D eigenvalue weighted by Crippen LogP contribution is -2.25. The Balaban J connectivity index is 2.14. The summed E-state index contributed by atoms with van der Waals surface area (Å²) in [4.78, 5) is 11.6. The summed E-state index contributed by atoms with van der Waals surface area (Å²) in [6.45, 7) is 4.60. The average Bonchev–Trinajstić information content (AvgIpc) is 2.40. The van der Waals surface area contributed by atoms with E-state index in [-0.39, 0.29) is 5.97 Å². The topological polar surface area (TPSA) is 26.3 Å². The molecular formula is C16H22O2. The molecule has 2 heteroatoms. The molecule has 0 aliphatic heterocycles. The van der Waals surface area contributed by atoms with Crippen molar-refractivity contribution in [3.63, 3.8) is 0 Å². The van der Waals surface area contributed by atoms with Gasteiger partial charge in [0.2, 0.25) is 0 Å². The fourth-order valence-electron chi connectivity index (χ4n) is 2.84. The lowest BCUT2D eigenvalue weighted by molar-refractivity contribution is 0.0526. The van der Waals surface area contributed by atoms with Gasteiger partial charge >= 0.3 is 5.97 Å². The van der Waals surface area contributed by atoms with E-state index in [2.05, 4.69) is 19.1 Å². The number of hydrogen-bond acceptors (Lipinski definition) is 2. The van der Waals surface area contributed by atoms with Crippen molar-refractivity contribution in [2.24, 2.45) is 0 Å². The van der Waals surface area contributed by atoms with Crippen molar-refractivity contribution < 1.29 is 9.53 Å². The van der Waals surface area contributed by atoms with Crippen molar-refractivity contribution in [1.82, 2.24) is 0 Å². The highest BCUT2D eigenvalue weighted by Crippen LogP contribution is 2.38. The van der Waals surface area contributed by atoms with E-state index in [0.717, 1.165) is 0 Å². The first kappa shape index (κ1) is 13.1. The Morgan fingerprint density at radius 1 is 1.17 bits per heavy atom. The van der Waals surface area contributed by atoms with Crippen molar-refractivity contribution in [2.45, 2.75) is 51.4 Å². The Labute approximate surface area is 109 Å². The molecule has 0 aromatic heterocycles. The van der Waals surface area contributed by atoms with Crippen LogP contribution in [0.25, 0.3) is 0 Å². The molecule has 0 saturated heterocycles. The van der Waals surface area contributed by atoms with E-state index in [0.29, 0.717) is 17.6 Å². The molecule has 1 aliphatic rings. The first-order chi connectivity index (χ1) is 8.65. The summed E-state index contributed by atoms with van der Waals surface area (Å²) in [6, 6.07) is 7.98. The van der Waals surface area contributed by atoms with Gasteiger partial charge in [-0.15, -0.1) is 0 Å². The van der Waals surface area contributed by atoms with Crippen LogP contribution in [0.2, 0.25) is 0 Å². The summed E-state index contributed by atoms with van der Waals surface area (Å²) < 4.78 is 5.00. The van der Waals surface area contributed by atoms with Crippen molar-refractivity contribution in [3.05, 3.63) is 35.4 Å². The van der Waals surface area contributed by atoms with Gasteiger partial charge in [-0.2, -0.15) is 0 Å². The van der Waals surface area contributed by atoms with Crippen LogP contribution in [0.5, 0.6) is 0 Å². The fourth-order valence-corrected chi connectivity index (χ4v) is 2.84. The van der Waals surface area contributed by atoms with Crippen LogP contribution in [0.1, 0.15) is 61.9 Å². The van der Waals surface area contributed by atoms with Crippen LogP contribution in [0.3, 0.4) is 0 Å². The maximum Gasteiger partial charge on any atom is 0.338 e. The molecule has 0 heterocycles. The van der Waals surface area contributed by atoms with Gasteiger partial charge in [0.05, 0.1) is 12.2 Å². The van der Waals surface area contributed by atoms with Gasteiger partial charge in [-0.05, 0) is 42.9 Å². The van der Waals surface area contributed by atoms with Crippen LogP contribution in [0, 0.1) is 0 Å². The fraction of sp³-hybridized carbons (Fsp3) is 0.562. The number of hydrogen-bond donors (Lipinski definition) is 0. The second-order valence-electron chi connectivity index (χ2n) is 5.42. The average molecular weight is 246 g/mol. The van der Waals surface area contributed by atoms with E-state index in [4.69, 9.17) is 4.74 Å². The Morgan fingerprint density at radius 2 is 1.78 bits per heavy atom. The highest BCUT2D eigenvalue weighted by molar-refractivity contribution is 5.89. The first-order valence-electron chi connectivity index (χ1n) is 6.93. The molecule has 18 heavy (non-hydrogen) atoms. The molecular weight excluding hydrogens is 224 g/mol. The molecule has 98 valence electrons. The second-order valence-corrected chi connectivity index (χ2v) is 5.42. The molecule has 0 spiro atoms. The maximum absolute atomic E-state index is 11.6. The Hall–Kier alpha value is -1.31. The molecule has 0 bridgehead atoms. The SMILES string of the molecule is CCOC(=O)c1ccc(C2(C)CCCCC2)cc1. The second kappa shape index (κ2) is 5.55. The number of esters is 1. The van der Waals surface area contributed by atoms with E-state index in [1.54, 1.807) is 0 Å². The normalized spacial score (nSPS) is 18.3. The number of rotatable bonds is 3. The summed E-state index contributed by atoms with van der Waals surface area (Å²) in [5.41, 5.74) is 2.31. The van der Waals surface area contributed by atoms with Crippen molar-refractivity contribution in [2.75, 3.05) is 6.61 Å². The zero-order chi connectivity index (χ0) is 13.0. The van der Waals surface area contributed by atoms with E-state index in [1.807, 2.05) is 19.1 Å². The molecule has 1 fully saturated rings. The van der Waals surface area contributed by atoms with Crippen LogP contribution >= 0.6 is 0 Å².